The fourth-order valence-corrected chi connectivity index (χ4v) is 0.480. The van der Waals surface area contributed by atoms with Crippen molar-refractivity contribution in [2.75, 3.05) is 13.2 Å². The van der Waals surface area contributed by atoms with Crippen LogP contribution in [-0.2, 0) is 14.3 Å². The minimum atomic E-state index is -0.981. The summed E-state index contributed by atoms with van der Waals surface area (Å²) in [5, 5.41) is 7.60. The van der Waals surface area contributed by atoms with E-state index in [1.807, 2.05) is 13.8 Å². The fourth-order valence-electron chi connectivity index (χ4n) is 0.480. The van der Waals surface area contributed by atoms with Crippen molar-refractivity contribution in [3.8, 4) is 0 Å². The highest BCUT2D eigenvalue weighted by atomic mass is 16.5. The molecule has 0 amide bonds. The summed E-state index contributed by atoms with van der Waals surface area (Å²) in [4.78, 5) is 20.2. The number of carbonyl (C=O) groups is 2. The maximum absolute atomic E-state index is 11.0. The van der Waals surface area contributed by atoms with E-state index < -0.39 is 5.97 Å². The molecule has 0 unspecified atom stereocenters. The number of rotatable bonds is 5. The van der Waals surface area contributed by atoms with Gasteiger partial charge in [-0.25, -0.2) is 9.59 Å². The van der Waals surface area contributed by atoms with Gasteiger partial charge >= 0.3 is 11.9 Å². The molecular formula is C11H19NO4. The van der Waals surface area contributed by atoms with Crippen LogP contribution >= 0.6 is 0 Å². The first kappa shape index (κ1) is 16.8. The molecule has 0 aromatic heterocycles. The number of esters is 1. The van der Waals surface area contributed by atoms with Crippen molar-refractivity contribution in [2.24, 2.45) is 11.7 Å². The molecule has 0 radical (unpaired) electrons. The molecule has 0 aliphatic heterocycles. The average Bonchev–Trinajstić information content (AvgIpc) is 2.25. The van der Waals surface area contributed by atoms with Crippen molar-refractivity contribution < 1.29 is 19.4 Å². The highest BCUT2D eigenvalue weighted by Crippen LogP contribution is 2.07. The van der Waals surface area contributed by atoms with E-state index in [1.165, 1.54) is 0 Å². The van der Waals surface area contributed by atoms with Crippen LogP contribution in [-0.4, -0.2) is 30.2 Å². The molecule has 0 aromatic rings. The smallest absolute Gasteiger partial charge is 0.333 e. The number of ether oxygens (including phenoxy) is 1. The minimum absolute atomic E-state index is 0.139. The maximum atomic E-state index is 11.0. The molecule has 0 spiro atoms. The van der Waals surface area contributed by atoms with E-state index in [4.69, 9.17) is 15.6 Å². The van der Waals surface area contributed by atoms with Crippen molar-refractivity contribution >= 4 is 11.9 Å². The first-order valence-corrected chi connectivity index (χ1v) is 4.78. The van der Waals surface area contributed by atoms with Gasteiger partial charge in [0, 0.05) is 18.2 Å². The lowest BCUT2D eigenvalue weighted by Gasteiger charge is -2.07. The molecule has 0 saturated carbocycles. The predicted octanol–water partition coefficient (Wildman–Crippen LogP) is 0.957. The van der Waals surface area contributed by atoms with Crippen LogP contribution < -0.4 is 5.73 Å². The van der Waals surface area contributed by atoms with Gasteiger partial charge in [-0.3, -0.25) is 0 Å². The van der Waals surface area contributed by atoms with E-state index in [1.54, 1.807) is 0 Å². The zero-order valence-corrected chi connectivity index (χ0v) is 9.73. The molecule has 0 aromatic carbocycles. The summed E-state index contributed by atoms with van der Waals surface area (Å²) in [7, 11) is 0. The maximum Gasteiger partial charge on any atom is 0.333 e. The molecule has 0 aliphatic carbocycles. The third-order valence-electron chi connectivity index (χ3n) is 1.48. The molecule has 0 heterocycles. The van der Waals surface area contributed by atoms with Crippen molar-refractivity contribution in [1.82, 2.24) is 0 Å². The second-order valence-corrected chi connectivity index (χ2v) is 3.15. The highest BCUT2D eigenvalue weighted by Gasteiger charge is 2.10. The van der Waals surface area contributed by atoms with Gasteiger partial charge < -0.3 is 15.6 Å². The molecule has 16 heavy (non-hydrogen) atoms. The third-order valence-corrected chi connectivity index (χ3v) is 1.48. The largest absolute Gasteiger partial charge is 0.478 e. The van der Waals surface area contributed by atoms with Crippen molar-refractivity contribution in [3.63, 3.8) is 0 Å². The van der Waals surface area contributed by atoms with E-state index in [9.17, 15) is 9.59 Å². The molecule has 0 bridgehead atoms. The molecule has 92 valence electrons. The number of aliphatic carboxylic acids is 1. The van der Waals surface area contributed by atoms with Crippen LogP contribution in [0.5, 0.6) is 0 Å². The van der Waals surface area contributed by atoms with E-state index >= 15 is 0 Å². The standard InChI is InChI=1S/C8H15NO2.C3H4O2/c1-6(2)7(3)8(10)11-5-4-9;1-2-3(4)5/h6H,3-5,9H2,1-2H3;2H,1H2,(H,4,5). The molecule has 0 aliphatic rings. The van der Waals surface area contributed by atoms with E-state index in [-0.39, 0.29) is 18.5 Å². The Labute approximate surface area is 95.6 Å². The minimum Gasteiger partial charge on any atom is -0.478 e. The SMILES string of the molecule is C=C(C(=O)OCCN)C(C)C.C=CC(=O)O. The van der Waals surface area contributed by atoms with Crippen molar-refractivity contribution in [3.05, 3.63) is 24.8 Å². The van der Waals surface area contributed by atoms with E-state index in [2.05, 4.69) is 13.2 Å². The number of nitrogens with two attached hydrogens (primary N) is 1. The number of carboxylic acid groups (broad SMARTS) is 1. The van der Waals surface area contributed by atoms with Gasteiger partial charge in [0.2, 0.25) is 0 Å². The predicted molar refractivity (Wildman–Crippen MR) is 61.8 cm³/mol. The summed E-state index contributed by atoms with van der Waals surface area (Å²) < 4.78 is 4.75. The Bertz CT molecular complexity index is 259. The van der Waals surface area contributed by atoms with Gasteiger partial charge in [0.25, 0.3) is 0 Å². The van der Waals surface area contributed by atoms with Crippen LogP contribution in [0.2, 0.25) is 0 Å². The summed E-state index contributed by atoms with van der Waals surface area (Å²) in [6.45, 7) is 11.0. The number of carbonyl (C=O) groups excluding carboxylic acids is 1. The molecule has 0 atom stereocenters. The lowest BCUT2D eigenvalue weighted by atomic mass is 10.1. The summed E-state index contributed by atoms with van der Waals surface area (Å²) in [5.74, 6) is -1.18. The molecule has 5 nitrogen and oxygen atoms in total. The average molecular weight is 229 g/mol. The van der Waals surface area contributed by atoms with Crippen LogP contribution in [0, 0.1) is 5.92 Å². The monoisotopic (exact) mass is 229 g/mol. The fraction of sp³-hybridized carbons (Fsp3) is 0.455. The molecule has 5 heteroatoms. The van der Waals surface area contributed by atoms with Crippen LogP contribution in [0.25, 0.3) is 0 Å². The lowest BCUT2D eigenvalue weighted by Crippen LogP contribution is -2.16. The van der Waals surface area contributed by atoms with Gasteiger partial charge in [0.15, 0.2) is 0 Å². The summed E-state index contributed by atoms with van der Waals surface area (Å²) in [6, 6.07) is 0. The van der Waals surface area contributed by atoms with Gasteiger partial charge in [-0.05, 0) is 5.92 Å². The Morgan fingerprint density at radius 2 is 1.94 bits per heavy atom. The van der Waals surface area contributed by atoms with Crippen LogP contribution in [0.15, 0.2) is 24.8 Å². The van der Waals surface area contributed by atoms with Gasteiger partial charge in [0.05, 0.1) is 0 Å². The Kier molecular flexibility index (Phi) is 10.4. The number of carboxylic acids is 1. The molecule has 0 fully saturated rings. The zero-order valence-electron chi connectivity index (χ0n) is 9.73. The second-order valence-electron chi connectivity index (χ2n) is 3.15. The van der Waals surface area contributed by atoms with E-state index in [0.717, 1.165) is 6.08 Å². The Morgan fingerprint density at radius 1 is 1.50 bits per heavy atom. The topological polar surface area (TPSA) is 89.6 Å². The third kappa shape index (κ3) is 10.5. The molecule has 0 saturated heterocycles. The summed E-state index contributed by atoms with van der Waals surface area (Å²) in [5.41, 5.74) is 5.64. The van der Waals surface area contributed by atoms with Crippen LogP contribution in [0.4, 0.5) is 0 Å². The van der Waals surface area contributed by atoms with Gasteiger partial charge in [-0.15, -0.1) is 0 Å². The quantitative estimate of drug-likeness (QED) is 0.541. The first-order chi connectivity index (χ1) is 7.36. The molecule has 0 rings (SSSR count). The van der Waals surface area contributed by atoms with Gasteiger partial charge in [-0.2, -0.15) is 0 Å². The molecule has 3 N–H and O–H groups in total. The normalized spacial score (nSPS) is 8.75. The zero-order chi connectivity index (χ0) is 13.1. The number of hydrogen-bond acceptors (Lipinski definition) is 4. The summed E-state index contributed by atoms with van der Waals surface area (Å²) in [6.07, 6.45) is 0.833. The van der Waals surface area contributed by atoms with Crippen LogP contribution in [0.3, 0.4) is 0 Å². The summed E-state index contributed by atoms with van der Waals surface area (Å²) >= 11 is 0. The number of hydrogen-bond donors (Lipinski definition) is 2. The first-order valence-electron chi connectivity index (χ1n) is 4.78. The lowest BCUT2D eigenvalue weighted by molar-refractivity contribution is -0.139. The van der Waals surface area contributed by atoms with Crippen molar-refractivity contribution in [1.29, 1.82) is 0 Å². The van der Waals surface area contributed by atoms with Crippen LogP contribution in [0.1, 0.15) is 13.8 Å². The Balaban J connectivity index is 0. The van der Waals surface area contributed by atoms with Crippen molar-refractivity contribution in [2.45, 2.75) is 13.8 Å². The Hall–Kier alpha value is -1.62. The van der Waals surface area contributed by atoms with Gasteiger partial charge in [0.1, 0.15) is 6.61 Å². The highest BCUT2D eigenvalue weighted by molar-refractivity contribution is 5.88. The van der Waals surface area contributed by atoms with Gasteiger partial charge in [-0.1, -0.05) is 27.0 Å². The Morgan fingerprint density at radius 3 is 2.19 bits per heavy atom. The second kappa shape index (κ2) is 9.92. The van der Waals surface area contributed by atoms with E-state index in [0.29, 0.717) is 12.1 Å². The molecular weight excluding hydrogens is 210 g/mol.